The molecule has 0 aliphatic rings. The molecule has 0 aliphatic carbocycles. The van der Waals surface area contributed by atoms with Gasteiger partial charge in [-0.05, 0) is 24.6 Å². The zero-order chi connectivity index (χ0) is 14.2. The van der Waals surface area contributed by atoms with E-state index in [4.69, 9.17) is 4.74 Å². The van der Waals surface area contributed by atoms with Gasteiger partial charge in [-0.2, -0.15) is 0 Å². The van der Waals surface area contributed by atoms with Crippen molar-refractivity contribution in [3.63, 3.8) is 0 Å². The topological polar surface area (TPSA) is 21.3 Å². The number of nitrogens with one attached hydrogen (secondary N) is 1. The Hall–Kier alpha value is -1.64. The number of benzene rings is 2. The van der Waals surface area contributed by atoms with Gasteiger partial charge in [0, 0.05) is 0 Å². The van der Waals surface area contributed by atoms with Crippen molar-refractivity contribution in [3.05, 3.63) is 71.8 Å². The number of ether oxygens (including phenoxy) is 1. The fourth-order valence-electron chi connectivity index (χ4n) is 2.45. The van der Waals surface area contributed by atoms with E-state index in [1.165, 1.54) is 11.1 Å². The van der Waals surface area contributed by atoms with Crippen molar-refractivity contribution in [3.8, 4) is 0 Å². The molecule has 2 aromatic carbocycles. The number of hydrogen-bond donors (Lipinski definition) is 1. The highest BCUT2D eigenvalue weighted by Crippen LogP contribution is 2.22. The molecular formula is C18H23NO. The van der Waals surface area contributed by atoms with E-state index in [-0.39, 0.29) is 12.1 Å². The Bertz CT molecular complexity index is 483. The van der Waals surface area contributed by atoms with E-state index in [0.717, 1.165) is 6.42 Å². The van der Waals surface area contributed by atoms with E-state index >= 15 is 0 Å². The first-order valence-electron chi connectivity index (χ1n) is 7.23. The summed E-state index contributed by atoms with van der Waals surface area (Å²) in [5.74, 6) is 0. The molecule has 0 fully saturated rings. The van der Waals surface area contributed by atoms with E-state index in [0.29, 0.717) is 6.61 Å². The van der Waals surface area contributed by atoms with Crippen molar-refractivity contribution in [1.82, 2.24) is 5.32 Å². The molecule has 2 atom stereocenters. The molecule has 0 saturated heterocycles. The number of likely N-dealkylation sites (N-methyl/N-ethyl adjacent to an activating group) is 1. The van der Waals surface area contributed by atoms with Gasteiger partial charge in [0.15, 0.2) is 0 Å². The van der Waals surface area contributed by atoms with E-state index in [1.54, 1.807) is 0 Å². The third-order valence-electron chi connectivity index (χ3n) is 3.55. The average Bonchev–Trinajstić information content (AvgIpc) is 2.53. The maximum absolute atomic E-state index is 6.12. The van der Waals surface area contributed by atoms with Crippen molar-refractivity contribution < 1.29 is 4.74 Å². The summed E-state index contributed by atoms with van der Waals surface area (Å²) in [6, 6.07) is 21.0. The number of rotatable bonds is 7. The van der Waals surface area contributed by atoms with Gasteiger partial charge in [0.25, 0.3) is 0 Å². The molecule has 0 aliphatic heterocycles. The molecule has 2 unspecified atom stereocenters. The standard InChI is InChI=1S/C18H23NO/c1-3-17(20-14-15-10-6-4-7-11-15)18(19-2)16-12-8-5-9-13-16/h4-13,17-19H,3,14H2,1-2H3. The lowest BCUT2D eigenvalue weighted by molar-refractivity contribution is 0.0134. The SMILES string of the molecule is CCC(OCc1ccccc1)C(NC)c1ccccc1. The zero-order valence-corrected chi connectivity index (χ0v) is 12.3. The molecule has 0 spiro atoms. The van der Waals surface area contributed by atoms with Gasteiger partial charge >= 0.3 is 0 Å². The minimum atomic E-state index is 0.169. The molecule has 20 heavy (non-hydrogen) atoms. The molecule has 0 bridgehead atoms. The predicted molar refractivity (Wildman–Crippen MR) is 83.6 cm³/mol. The van der Waals surface area contributed by atoms with Gasteiger partial charge in [-0.3, -0.25) is 0 Å². The lowest BCUT2D eigenvalue weighted by Gasteiger charge is -2.26. The van der Waals surface area contributed by atoms with E-state index < -0.39 is 0 Å². The van der Waals surface area contributed by atoms with Crippen molar-refractivity contribution >= 4 is 0 Å². The normalized spacial score (nSPS) is 13.9. The van der Waals surface area contributed by atoms with Crippen LogP contribution in [0.1, 0.15) is 30.5 Å². The van der Waals surface area contributed by atoms with E-state index in [2.05, 4.69) is 48.6 Å². The molecule has 2 nitrogen and oxygen atoms in total. The van der Waals surface area contributed by atoms with Crippen LogP contribution in [0, 0.1) is 0 Å². The maximum Gasteiger partial charge on any atom is 0.0771 e. The van der Waals surface area contributed by atoms with Crippen molar-refractivity contribution in [2.24, 2.45) is 0 Å². The molecule has 0 aromatic heterocycles. The highest BCUT2D eigenvalue weighted by Gasteiger charge is 2.20. The maximum atomic E-state index is 6.12. The third-order valence-corrected chi connectivity index (χ3v) is 3.55. The largest absolute Gasteiger partial charge is 0.372 e. The summed E-state index contributed by atoms with van der Waals surface area (Å²) >= 11 is 0. The van der Waals surface area contributed by atoms with Crippen LogP contribution < -0.4 is 5.32 Å². The van der Waals surface area contributed by atoms with Crippen LogP contribution >= 0.6 is 0 Å². The average molecular weight is 269 g/mol. The Morgan fingerprint density at radius 1 is 0.950 bits per heavy atom. The summed E-state index contributed by atoms with van der Waals surface area (Å²) in [6.07, 6.45) is 1.15. The first kappa shape index (κ1) is 14.8. The Morgan fingerprint density at radius 3 is 2.10 bits per heavy atom. The van der Waals surface area contributed by atoms with Gasteiger partial charge < -0.3 is 10.1 Å². The van der Waals surface area contributed by atoms with Crippen LogP contribution in [0.25, 0.3) is 0 Å². The monoisotopic (exact) mass is 269 g/mol. The fraction of sp³-hybridized carbons (Fsp3) is 0.333. The van der Waals surface area contributed by atoms with Gasteiger partial charge in [-0.1, -0.05) is 67.6 Å². The predicted octanol–water partition coefficient (Wildman–Crippen LogP) is 3.94. The molecule has 106 valence electrons. The van der Waals surface area contributed by atoms with E-state index in [9.17, 15) is 0 Å². The Kier molecular flexibility index (Phi) is 5.78. The van der Waals surface area contributed by atoms with Crippen molar-refractivity contribution in [2.45, 2.75) is 32.1 Å². The van der Waals surface area contributed by atoms with Crippen LogP contribution in [-0.4, -0.2) is 13.2 Å². The van der Waals surface area contributed by atoms with E-state index in [1.807, 2.05) is 31.3 Å². The molecule has 1 N–H and O–H groups in total. The smallest absolute Gasteiger partial charge is 0.0771 e. The Morgan fingerprint density at radius 2 is 1.55 bits per heavy atom. The summed E-state index contributed by atoms with van der Waals surface area (Å²) in [4.78, 5) is 0. The molecule has 0 heterocycles. The molecule has 0 saturated carbocycles. The quantitative estimate of drug-likeness (QED) is 0.822. The molecule has 2 heteroatoms. The van der Waals surface area contributed by atoms with Crippen LogP contribution in [0.2, 0.25) is 0 Å². The number of hydrogen-bond acceptors (Lipinski definition) is 2. The van der Waals surface area contributed by atoms with Crippen LogP contribution in [0.5, 0.6) is 0 Å². The first-order valence-corrected chi connectivity index (χ1v) is 7.23. The van der Waals surface area contributed by atoms with Gasteiger partial charge in [0.1, 0.15) is 0 Å². The Balaban J connectivity index is 2.03. The molecule has 2 aromatic rings. The summed E-state index contributed by atoms with van der Waals surface area (Å²) in [5.41, 5.74) is 2.49. The minimum Gasteiger partial charge on any atom is -0.372 e. The minimum absolute atomic E-state index is 0.169. The van der Waals surface area contributed by atoms with Gasteiger partial charge in [0.05, 0.1) is 18.8 Å². The van der Waals surface area contributed by atoms with Crippen molar-refractivity contribution in [1.29, 1.82) is 0 Å². The lowest BCUT2D eigenvalue weighted by atomic mass is 9.99. The van der Waals surface area contributed by atoms with Crippen LogP contribution in [-0.2, 0) is 11.3 Å². The van der Waals surface area contributed by atoms with Gasteiger partial charge in [-0.25, -0.2) is 0 Å². The third kappa shape index (κ3) is 3.92. The summed E-state index contributed by atoms with van der Waals surface area (Å²) in [7, 11) is 1.99. The van der Waals surface area contributed by atoms with Gasteiger partial charge in [0.2, 0.25) is 0 Å². The molecular weight excluding hydrogens is 246 g/mol. The van der Waals surface area contributed by atoms with Crippen LogP contribution in [0.4, 0.5) is 0 Å². The second-order valence-corrected chi connectivity index (χ2v) is 4.92. The summed E-state index contributed by atoms with van der Waals surface area (Å²) < 4.78 is 6.12. The van der Waals surface area contributed by atoms with Crippen molar-refractivity contribution in [2.75, 3.05) is 7.05 Å². The molecule has 0 amide bonds. The summed E-state index contributed by atoms with van der Waals surface area (Å²) in [5, 5.41) is 3.38. The van der Waals surface area contributed by atoms with Crippen LogP contribution in [0.3, 0.4) is 0 Å². The zero-order valence-electron chi connectivity index (χ0n) is 12.3. The molecule has 2 rings (SSSR count). The van der Waals surface area contributed by atoms with Crippen LogP contribution in [0.15, 0.2) is 60.7 Å². The fourth-order valence-corrected chi connectivity index (χ4v) is 2.45. The molecule has 0 radical (unpaired) electrons. The first-order chi connectivity index (χ1) is 9.85. The van der Waals surface area contributed by atoms with Gasteiger partial charge in [-0.15, -0.1) is 0 Å². The highest BCUT2D eigenvalue weighted by atomic mass is 16.5. The Labute approximate surface area is 121 Å². The highest BCUT2D eigenvalue weighted by molar-refractivity contribution is 5.20. The summed E-state index contributed by atoms with van der Waals surface area (Å²) in [6.45, 7) is 2.83. The lowest BCUT2D eigenvalue weighted by Crippen LogP contribution is -2.31. The second-order valence-electron chi connectivity index (χ2n) is 4.92. The second kappa shape index (κ2) is 7.83.